The van der Waals surface area contributed by atoms with Gasteiger partial charge in [-0.3, -0.25) is 4.79 Å². The van der Waals surface area contributed by atoms with E-state index in [1.165, 1.54) is 10.5 Å². The number of methoxy groups -OCH3 is 1. The van der Waals surface area contributed by atoms with E-state index in [-0.39, 0.29) is 11.9 Å². The first kappa shape index (κ1) is 21.0. The van der Waals surface area contributed by atoms with Gasteiger partial charge in [0.05, 0.1) is 7.11 Å². The van der Waals surface area contributed by atoms with Crippen molar-refractivity contribution < 1.29 is 9.53 Å². The molecule has 0 radical (unpaired) electrons. The van der Waals surface area contributed by atoms with E-state index in [0.717, 1.165) is 29.9 Å². The zero-order chi connectivity index (χ0) is 20.5. The van der Waals surface area contributed by atoms with Gasteiger partial charge in [-0.1, -0.05) is 48.5 Å². The molecule has 4 heteroatoms. The summed E-state index contributed by atoms with van der Waals surface area (Å²) in [5.41, 5.74) is 2.98. The molecule has 29 heavy (non-hydrogen) atoms. The summed E-state index contributed by atoms with van der Waals surface area (Å²) in [5, 5.41) is 3.12. The summed E-state index contributed by atoms with van der Waals surface area (Å²) in [6, 6.07) is 26.3. The number of amides is 1. The van der Waals surface area contributed by atoms with E-state index >= 15 is 0 Å². The van der Waals surface area contributed by atoms with E-state index in [9.17, 15) is 4.79 Å². The van der Waals surface area contributed by atoms with E-state index in [2.05, 4.69) is 36.5 Å². The lowest BCUT2D eigenvalue weighted by Crippen LogP contribution is -2.32. The van der Waals surface area contributed by atoms with Crippen LogP contribution in [-0.4, -0.2) is 19.1 Å². The van der Waals surface area contributed by atoms with Gasteiger partial charge in [0.1, 0.15) is 5.75 Å². The Balaban J connectivity index is 1.60. The second-order valence-corrected chi connectivity index (χ2v) is 8.08. The van der Waals surface area contributed by atoms with Crippen LogP contribution in [0.3, 0.4) is 0 Å². The lowest BCUT2D eigenvalue weighted by atomic mass is 10.1. The lowest BCUT2D eigenvalue weighted by Gasteiger charge is -2.15. The van der Waals surface area contributed by atoms with Crippen LogP contribution in [0.5, 0.6) is 5.75 Å². The van der Waals surface area contributed by atoms with E-state index in [1.54, 1.807) is 18.9 Å². The van der Waals surface area contributed by atoms with Crippen molar-refractivity contribution in [2.24, 2.45) is 0 Å². The summed E-state index contributed by atoms with van der Waals surface area (Å²) >= 11 is 1.73. The van der Waals surface area contributed by atoms with Crippen molar-refractivity contribution >= 4 is 17.7 Å². The molecule has 3 aromatic carbocycles. The molecule has 3 aromatic rings. The van der Waals surface area contributed by atoms with Crippen LogP contribution in [0.4, 0.5) is 0 Å². The largest absolute Gasteiger partial charge is 0.496 e. The van der Waals surface area contributed by atoms with Crippen LogP contribution >= 0.6 is 11.8 Å². The predicted molar refractivity (Wildman–Crippen MR) is 121 cm³/mol. The van der Waals surface area contributed by atoms with Crippen LogP contribution in [-0.2, 0) is 12.2 Å². The molecule has 0 aliphatic heterocycles. The number of hydrogen-bond donors (Lipinski definition) is 1. The maximum atomic E-state index is 12.7. The Kier molecular flexibility index (Phi) is 7.77. The molecule has 1 atom stereocenters. The number of thioether (sulfide) groups is 1. The van der Waals surface area contributed by atoms with Crippen LogP contribution in [0.1, 0.15) is 34.8 Å². The number of hydrogen-bond acceptors (Lipinski definition) is 3. The normalized spacial score (nSPS) is 11.7. The van der Waals surface area contributed by atoms with Crippen molar-refractivity contribution in [3.05, 3.63) is 95.6 Å². The minimum absolute atomic E-state index is 0.0424. The van der Waals surface area contributed by atoms with Crippen molar-refractivity contribution in [3.63, 3.8) is 0 Å². The Morgan fingerprint density at radius 2 is 1.69 bits per heavy atom. The second kappa shape index (κ2) is 10.7. The molecule has 0 heterocycles. The molecule has 0 aliphatic carbocycles. The molecule has 0 bridgehead atoms. The molecule has 3 rings (SSSR count). The highest BCUT2D eigenvalue weighted by Gasteiger charge is 2.13. The van der Waals surface area contributed by atoms with E-state index in [0.29, 0.717) is 5.56 Å². The van der Waals surface area contributed by atoms with Gasteiger partial charge in [-0.2, -0.15) is 0 Å². The van der Waals surface area contributed by atoms with Crippen LogP contribution < -0.4 is 10.1 Å². The molecular weight excluding hydrogens is 378 g/mol. The van der Waals surface area contributed by atoms with E-state index < -0.39 is 0 Å². The lowest BCUT2D eigenvalue weighted by molar-refractivity contribution is 0.0938. The standard InChI is InChI=1S/C25H27NO2S/c1-19(13-14-20-9-5-3-6-10-20)26-25(27)21-15-16-24(28-2)22(17-21)18-29-23-11-7-4-8-12-23/h3-12,15-17,19H,13-14,18H2,1-2H3,(H,26,27)/t19-/m1/s1. The average Bonchev–Trinajstić information content (AvgIpc) is 2.77. The Morgan fingerprint density at radius 3 is 2.38 bits per heavy atom. The van der Waals surface area contributed by atoms with Gasteiger partial charge in [0.2, 0.25) is 0 Å². The fourth-order valence-corrected chi connectivity index (χ4v) is 4.01. The summed E-state index contributed by atoms with van der Waals surface area (Å²) < 4.78 is 5.49. The Hall–Kier alpha value is -2.72. The highest BCUT2D eigenvalue weighted by atomic mass is 32.2. The van der Waals surface area contributed by atoms with Crippen molar-refractivity contribution in [1.82, 2.24) is 5.32 Å². The molecule has 0 aromatic heterocycles. The van der Waals surface area contributed by atoms with Crippen LogP contribution in [0.2, 0.25) is 0 Å². The first-order chi connectivity index (χ1) is 14.2. The molecule has 150 valence electrons. The zero-order valence-electron chi connectivity index (χ0n) is 16.9. The van der Waals surface area contributed by atoms with Gasteiger partial charge in [0.25, 0.3) is 5.91 Å². The highest BCUT2D eigenvalue weighted by molar-refractivity contribution is 7.98. The highest BCUT2D eigenvalue weighted by Crippen LogP contribution is 2.28. The Bertz CT molecular complexity index is 913. The predicted octanol–water partition coefficient (Wildman–Crippen LogP) is 5.74. The van der Waals surface area contributed by atoms with Gasteiger partial charge >= 0.3 is 0 Å². The molecule has 0 spiro atoms. The summed E-state index contributed by atoms with van der Waals surface area (Å²) in [5.74, 6) is 1.51. The molecule has 0 unspecified atom stereocenters. The fourth-order valence-electron chi connectivity index (χ4n) is 3.12. The molecular formula is C25H27NO2S. The number of rotatable bonds is 9. The van der Waals surface area contributed by atoms with Crippen molar-refractivity contribution in [1.29, 1.82) is 0 Å². The van der Waals surface area contributed by atoms with Gasteiger partial charge < -0.3 is 10.1 Å². The van der Waals surface area contributed by atoms with Crippen molar-refractivity contribution in [2.75, 3.05) is 7.11 Å². The Morgan fingerprint density at radius 1 is 1.00 bits per heavy atom. The molecule has 0 aliphatic rings. The van der Waals surface area contributed by atoms with Crippen LogP contribution in [0, 0.1) is 0 Å². The van der Waals surface area contributed by atoms with Crippen molar-refractivity contribution in [2.45, 2.75) is 36.5 Å². The smallest absolute Gasteiger partial charge is 0.251 e. The molecule has 0 fully saturated rings. The molecule has 0 saturated carbocycles. The SMILES string of the molecule is COc1ccc(C(=O)N[C@H](C)CCc2ccccc2)cc1CSc1ccccc1. The van der Waals surface area contributed by atoms with Gasteiger partial charge in [-0.15, -0.1) is 11.8 Å². The number of ether oxygens (including phenoxy) is 1. The maximum absolute atomic E-state index is 12.7. The van der Waals surface area contributed by atoms with Crippen LogP contribution in [0.15, 0.2) is 83.8 Å². The van der Waals surface area contributed by atoms with Gasteiger partial charge in [-0.05, 0) is 55.7 Å². The minimum atomic E-state index is -0.0424. The molecule has 3 nitrogen and oxygen atoms in total. The summed E-state index contributed by atoms with van der Waals surface area (Å²) in [6.07, 6.45) is 1.85. The van der Waals surface area contributed by atoms with E-state index in [1.807, 2.05) is 54.6 Å². The second-order valence-electron chi connectivity index (χ2n) is 7.03. The average molecular weight is 406 g/mol. The summed E-state index contributed by atoms with van der Waals surface area (Å²) in [6.45, 7) is 2.05. The Labute approximate surface area is 177 Å². The monoisotopic (exact) mass is 405 g/mol. The van der Waals surface area contributed by atoms with Gasteiger partial charge in [0.15, 0.2) is 0 Å². The first-order valence-corrected chi connectivity index (χ1v) is 10.8. The number of carbonyl (C=O) groups excluding carboxylic acids is 1. The van der Waals surface area contributed by atoms with Gasteiger partial charge in [0, 0.05) is 27.8 Å². The summed E-state index contributed by atoms with van der Waals surface area (Å²) in [7, 11) is 1.66. The number of aryl methyl sites for hydroxylation is 1. The molecule has 1 N–H and O–H groups in total. The maximum Gasteiger partial charge on any atom is 0.251 e. The first-order valence-electron chi connectivity index (χ1n) is 9.85. The van der Waals surface area contributed by atoms with E-state index in [4.69, 9.17) is 4.74 Å². The van der Waals surface area contributed by atoms with Gasteiger partial charge in [-0.25, -0.2) is 0 Å². The third kappa shape index (κ3) is 6.40. The number of benzene rings is 3. The quantitative estimate of drug-likeness (QED) is 0.462. The topological polar surface area (TPSA) is 38.3 Å². The fraction of sp³-hybridized carbons (Fsp3) is 0.240. The minimum Gasteiger partial charge on any atom is -0.496 e. The van der Waals surface area contributed by atoms with Crippen molar-refractivity contribution in [3.8, 4) is 5.75 Å². The van der Waals surface area contributed by atoms with Crippen LogP contribution in [0.25, 0.3) is 0 Å². The third-order valence-electron chi connectivity index (χ3n) is 4.77. The zero-order valence-corrected chi connectivity index (χ0v) is 17.7. The number of carbonyl (C=O) groups is 1. The third-order valence-corrected chi connectivity index (χ3v) is 5.83. The number of nitrogens with one attached hydrogen (secondary N) is 1. The molecule has 0 saturated heterocycles. The molecule has 1 amide bonds. The summed E-state index contributed by atoms with van der Waals surface area (Å²) in [4.78, 5) is 13.9.